The van der Waals surface area contributed by atoms with Gasteiger partial charge in [-0.1, -0.05) is 29.8 Å². The molecule has 31 heavy (non-hydrogen) atoms. The molecule has 2 aromatic carbocycles. The van der Waals surface area contributed by atoms with Gasteiger partial charge in [0, 0.05) is 23.4 Å². The van der Waals surface area contributed by atoms with E-state index in [1.165, 1.54) is 0 Å². The van der Waals surface area contributed by atoms with Crippen molar-refractivity contribution >= 4 is 46.6 Å². The molecule has 2 aromatic rings. The largest absolute Gasteiger partial charge is 0.370 e. The summed E-state index contributed by atoms with van der Waals surface area (Å²) in [6.07, 6.45) is 0.354. The van der Waals surface area contributed by atoms with Crippen LogP contribution in [0.4, 0.5) is 11.4 Å². The molecule has 3 heterocycles. The fourth-order valence-corrected chi connectivity index (χ4v) is 5.46. The Labute approximate surface area is 182 Å². The van der Waals surface area contributed by atoms with Crippen molar-refractivity contribution in [3.05, 3.63) is 59.1 Å². The molecule has 3 aliphatic rings. The number of hydrogen-bond acceptors (Lipinski definition) is 4. The average molecular weight is 440 g/mol. The summed E-state index contributed by atoms with van der Waals surface area (Å²) >= 11 is 5.96. The number of nitrogens with one attached hydrogen (secondary N) is 1. The number of quaternary nitrogens is 1. The van der Waals surface area contributed by atoms with Crippen LogP contribution in [-0.4, -0.2) is 29.7 Å². The SMILES string of the molecule is NC(=O)CC[C@@H]1[NH2+][C@]2(C(=O)Nc3ccccc32)[C@@H]2C(=O)N(c3ccc(Cl)cc3)C(=O)[C@H]12. The fourth-order valence-electron chi connectivity index (χ4n) is 5.34. The van der Waals surface area contributed by atoms with Crippen LogP contribution in [0.15, 0.2) is 48.5 Å². The van der Waals surface area contributed by atoms with Crippen LogP contribution in [0.3, 0.4) is 0 Å². The molecule has 3 aliphatic heterocycles. The highest BCUT2D eigenvalue weighted by atomic mass is 35.5. The number of amides is 4. The van der Waals surface area contributed by atoms with Gasteiger partial charge in [-0.2, -0.15) is 0 Å². The number of nitrogens with zero attached hydrogens (tertiary/aromatic N) is 1. The third kappa shape index (κ3) is 2.72. The number of para-hydroxylation sites is 1. The highest BCUT2D eigenvalue weighted by Gasteiger charge is 2.74. The molecule has 5 rings (SSSR count). The molecule has 8 nitrogen and oxygen atoms in total. The topological polar surface area (TPSA) is 126 Å². The van der Waals surface area contributed by atoms with Gasteiger partial charge in [0.1, 0.15) is 17.9 Å². The Hall–Kier alpha value is -3.23. The number of hydrogen-bond donors (Lipinski definition) is 3. The first-order chi connectivity index (χ1) is 14.8. The predicted molar refractivity (Wildman–Crippen MR) is 112 cm³/mol. The Morgan fingerprint density at radius 2 is 1.81 bits per heavy atom. The summed E-state index contributed by atoms with van der Waals surface area (Å²) < 4.78 is 0. The van der Waals surface area contributed by atoms with Crippen LogP contribution in [0.1, 0.15) is 18.4 Å². The van der Waals surface area contributed by atoms with E-state index in [1.807, 2.05) is 0 Å². The zero-order valence-electron chi connectivity index (χ0n) is 16.4. The van der Waals surface area contributed by atoms with Crippen LogP contribution in [-0.2, 0) is 24.7 Å². The third-order valence-corrected chi connectivity index (χ3v) is 6.84. The van der Waals surface area contributed by atoms with Gasteiger partial charge in [-0.05, 0) is 30.3 Å². The number of benzene rings is 2. The van der Waals surface area contributed by atoms with E-state index in [4.69, 9.17) is 17.3 Å². The maximum absolute atomic E-state index is 13.7. The number of anilines is 2. The first-order valence-corrected chi connectivity index (χ1v) is 10.4. The highest BCUT2D eigenvalue weighted by Crippen LogP contribution is 2.50. The van der Waals surface area contributed by atoms with Crippen LogP contribution in [0.2, 0.25) is 5.02 Å². The number of nitrogens with two attached hydrogens (primary N) is 2. The second-order valence-corrected chi connectivity index (χ2v) is 8.63. The van der Waals surface area contributed by atoms with Gasteiger partial charge in [0.2, 0.25) is 23.3 Å². The third-order valence-electron chi connectivity index (χ3n) is 6.59. The Morgan fingerprint density at radius 1 is 1.10 bits per heavy atom. The van der Waals surface area contributed by atoms with Crippen LogP contribution < -0.4 is 21.3 Å². The number of fused-ring (bicyclic) bond motifs is 4. The molecule has 4 atom stereocenters. The van der Waals surface area contributed by atoms with Crippen molar-refractivity contribution in [3.63, 3.8) is 0 Å². The Kier molecular flexibility index (Phi) is 4.39. The summed E-state index contributed by atoms with van der Waals surface area (Å²) in [5, 5.41) is 5.14. The quantitative estimate of drug-likeness (QED) is 0.600. The molecule has 0 radical (unpaired) electrons. The second-order valence-electron chi connectivity index (χ2n) is 8.20. The average Bonchev–Trinajstić information content (AvgIpc) is 3.32. The van der Waals surface area contributed by atoms with Crippen molar-refractivity contribution in [2.24, 2.45) is 17.6 Å². The van der Waals surface area contributed by atoms with Crippen molar-refractivity contribution in [3.8, 4) is 0 Å². The van der Waals surface area contributed by atoms with Gasteiger partial charge in [-0.3, -0.25) is 19.2 Å². The molecule has 2 saturated heterocycles. The molecule has 4 amide bonds. The lowest BCUT2D eigenvalue weighted by Crippen LogP contribution is -2.99. The van der Waals surface area contributed by atoms with E-state index in [-0.39, 0.29) is 18.2 Å². The maximum atomic E-state index is 13.7. The monoisotopic (exact) mass is 439 g/mol. The Bertz CT molecular complexity index is 1130. The number of carbonyl (C=O) groups is 4. The predicted octanol–water partition coefficient (Wildman–Crippen LogP) is 0.504. The number of imide groups is 1. The van der Waals surface area contributed by atoms with Crippen LogP contribution in [0.5, 0.6) is 0 Å². The van der Waals surface area contributed by atoms with E-state index in [1.54, 1.807) is 53.8 Å². The molecule has 1 spiro atoms. The summed E-state index contributed by atoms with van der Waals surface area (Å²) in [4.78, 5) is 53.0. The molecule has 0 aliphatic carbocycles. The second kappa shape index (κ2) is 6.90. The fraction of sp³-hybridized carbons (Fsp3) is 0.273. The lowest BCUT2D eigenvalue weighted by molar-refractivity contribution is -0.733. The Balaban J connectivity index is 1.64. The molecular formula is C22H20ClN4O4+. The number of rotatable bonds is 4. The van der Waals surface area contributed by atoms with Crippen molar-refractivity contribution in [2.45, 2.75) is 24.4 Å². The van der Waals surface area contributed by atoms with Gasteiger partial charge < -0.3 is 16.4 Å². The lowest BCUT2D eigenvalue weighted by Gasteiger charge is -2.26. The summed E-state index contributed by atoms with van der Waals surface area (Å²) in [5.41, 5.74) is 5.79. The molecule has 0 unspecified atom stereocenters. The number of primary amides is 1. The molecule has 5 N–H and O–H groups in total. The zero-order chi connectivity index (χ0) is 21.9. The van der Waals surface area contributed by atoms with Gasteiger partial charge in [-0.25, -0.2) is 4.90 Å². The van der Waals surface area contributed by atoms with Gasteiger partial charge in [-0.15, -0.1) is 0 Å². The van der Waals surface area contributed by atoms with Gasteiger partial charge in [0.15, 0.2) is 0 Å². The summed E-state index contributed by atoms with van der Waals surface area (Å²) in [6, 6.07) is 13.2. The van der Waals surface area contributed by atoms with Gasteiger partial charge in [0.05, 0.1) is 11.4 Å². The minimum Gasteiger partial charge on any atom is -0.370 e. The standard InChI is InChI=1S/C22H19ClN4O4/c23-11-5-7-12(8-6-11)27-19(29)17-15(9-10-16(24)28)26-22(18(17)20(27)30)13-3-1-2-4-14(13)25-21(22)31/h1-8,15,17-18,26H,9-10H2,(H2,24,28)(H,25,31)/p+1/t15-,17+,18-,22-/m0/s1. The van der Waals surface area contributed by atoms with Crippen LogP contribution >= 0.6 is 11.6 Å². The van der Waals surface area contributed by atoms with E-state index in [0.29, 0.717) is 28.4 Å². The molecule has 0 aromatic heterocycles. The normalized spacial score (nSPS) is 28.7. The minimum absolute atomic E-state index is 0.0617. The van der Waals surface area contributed by atoms with E-state index in [0.717, 1.165) is 4.90 Å². The smallest absolute Gasteiger partial charge is 0.291 e. The van der Waals surface area contributed by atoms with Crippen molar-refractivity contribution in [1.29, 1.82) is 0 Å². The first kappa shape index (κ1) is 19.7. The Morgan fingerprint density at radius 3 is 2.52 bits per heavy atom. The van der Waals surface area contributed by atoms with E-state index < -0.39 is 35.2 Å². The maximum Gasteiger partial charge on any atom is 0.291 e. The molecule has 0 bridgehead atoms. The van der Waals surface area contributed by atoms with E-state index in [9.17, 15) is 19.2 Å². The molecule has 158 valence electrons. The van der Waals surface area contributed by atoms with Crippen LogP contribution in [0.25, 0.3) is 0 Å². The summed E-state index contributed by atoms with van der Waals surface area (Å²) in [6.45, 7) is 0. The first-order valence-electron chi connectivity index (χ1n) is 10.0. The van der Waals surface area contributed by atoms with Gasteiger partial charge >= 0.3 is 0 Å². The van der Waals surface area contributed by atoms with Crippen molar-refractivity contribution < 1.29 is 24.5 Å². The molecule has 0 saturated carbocycles. The summed E-state index contributed by atoms with van der Waals surface area (Å²) in [7, 11) is 0. The number of carbonyl (C=O) groups excluding carboxylic acids is 4. The minimum atomic E-state index is -1.27. The van der Waals surface area contributed by atoms with Crippen LogP contribution in [0, 0.1) is 11.8 Å². The van der Waals surface area contributed by atoms with E-state index in [2.05, 4.69) is 5.32 Å². The highest BCUT2D eigenvalue weighted by molar-refractivity contribution is 6.31. The molecular weight excluding hydrogens is 420 g/mol. The molecule has 2 fully saturated rings. The molecule has 9 heteroatoms. The van der Waals surface area contributed by atoms with E-state index >= 15 is 0 Å². The lowest BCUT2D eigenvalue weighted by atomic mass is 9.76. The summed E-state index contributed by atoms with van der Waals surface area (Å²) in [5.74, 6) is -3.27. The van der Waals surface area contributed by atoms with Crippen molar-refractivity contribution in [1.82, 2.24) is 0 Å². The zero-order valence-corrected chi connectivity index (χ0v) is 17.1. The van der Waals surface area contributed by atoms with Crippen molar-refractivity contribution in [2.75, 3.05) is 10.2 Å². The van der Waals surface area contributed by atoms with Gasteiger partial charge in [0.25, 0.3) is 5.91 Å². The number of halogens is 1.